The van der Waals surface area contributed by atoms with Gasteiger partial charge in [0.05, 0.1) is 18.3 Å². The minimum absolute atomic E-state index is 0.0802. The van der Waals surface area contributed by atoms with Crippen LogP contribution in [0.2, 0.25) is 0 Å². The normalized spacial score (nSPS) is 11.5. The number of aromatic nitrogens is 2. The molecule has 0 N–H and O–H groups in total. The van der Waals surface area contributed by atoms with Gasteiger partial charge in [-0.3, -0.25) is 9.36 Å². The second-order valence-electron chi connectivity index (χ2n) is 6.42. The molecule has 3 heterocycles. The lowest BCUT2D eigenvalue weighted by Crippen LogP contribution is -2.21. The first kappa shape index (κ1) is 16.7. The Balaban J connectivity index is 1.89. The minimum Gasteiger partial charge on any atom is -0.423 e. The molecule has 1 aromatic carbocycles. The lowest BCUT2D eigenvalue weighted by Gasteiger charge is -2.09. The molecule has 132 valence electrons. The molecular weight excluding hydrogens is 348 g/mol. The van der Waals surface area contributed by atoms with Gasteiger partial charge in [-0.1, -0.05) is 19.1 Å². The standard InChI is InChI=1S/C20H18N2O3S/c1-4-13-5-6-15-14(8-17(23)25-16(15)7-13)9-22-10-21-19-18(20(22)24)11(2)12(3)26-19/h5-8,10H,4,9H2,1-3H3. The van der Waals surface area contributed by atoms with Crippen LogP contribution in [0, 0.1) is 13.8 Å². The molecule has 4 rings (SSSR count). The first-order chi connectivity index (χ1) is 12.5. The lowest BCUT2D eigenvalue weighted by molar-refractivity contribution is 0.557. The van der Waals surface area contributed by atoms with Gasteiger partial charge < -0.3 is 4.42 Å². The molecule has 0 amide bonds. The number of hydrogen-bond acceptors (Lipinski definition) is 5. The molecular formula is C20H18N2O3S. The fourth-order valence-electron chi connectivity index (χ4n) is 3.19. The number of aryl methyl sites for hydroxylation is 3. The van der Waals surface area contributed by atoms with Crippen LogP contribution < -0.4 is 11.2 Å². The van der Waals surface area contributed by atoms with E-state index in [9.17, 15) is 9.59 Å². The van der Waals surface area contributed by atoms with Gasteiger partial charge in [0, 0.05) is 16.3 Å². The highest BCUT2D eigenvalue weighted by Gasteiger charge is 2.14. The van der Waals surface area contributed by atoms with Crippen LogP contribution in [0.1, 0.15) is 28.5 Å². The van der Waals surface area contributed by atoms with E-state index in [1.54, 1.807) is 10.9 Å². The highest BCUT2D eigenvalue weighted by Crippen LogP contribution is 2.26. The Hall–Kier alpha value is -2.73. The highest BCUT2D eigenvalue weighted by atomic mass is 32.1. The van der Waals surface area contributed by atoms with Gasteiger partial charge in [0.2, 0.25) is 0 Å². The van der Waals surface area contributed by atoms with Crippen LogP contribution in [0.15, 0.2) is 44.6 Å². The molecule has 0 fully saturated rings. The molecule has 0 aliphatic rings. The van der Waals surface area contributed by atoms with E-state index in [2.05, 4.69) is 11.9 Å². The molecule has 6 heteroatoms. The van der Waals surface area contributed by atoms with Crippen molar-refractivity contribution < 1.29 is 4.42 Å². The quantitative estimate of drug-likeness (QED) is 0.518. The maximum Gasteiger partial charge on any atom is 0.336 e. The van der Waals surface area contributed by atoms with Crippen LogP contribution in [0.25, 0.3) is 21.2 Å². The van der Waals surface area contributed by atoms with E-state index in [-0.39, 0.29) is 12.1 Å². The van der Waals surface area contributed by atoms with Crippen LogP contribution in [0.5, 0.6) is 0 Å². The van der Waals surface area contributed by atoms with Crippen molar-refractivity contribution in [2.45, 2.75) is 33.7 Å². The van der Waals surface area contributed by atoms with Crippen LogP contribution >= 0.6 is 11.3 Å². The number of nitrogens with zero attached hydrogens (tertiary/aromatic N) is 2. The van der Waals surface area contributed by atoms with Crippen LogP contribution in [-0.2, 0) is 13.0 Å². The Morgan fingerprint density at radius 2 is 2.00 bits per heavy atom. The predicted molar refractivity (Wildman–Crippen MR) is 104 cm³/mol. The van der Waals surface area contributed by atoms with Gasteiger partial charge in [-0.2, -0.15) is 0 Å². The van der Waals surface area contributed by atoms with Crippen molar-refractivity contribution >= 4 is 32.5 Å². The molecule has 0 unspecified atom stereocenters. The zero-order valence-electron chi connectivity index (χ0n) is 14.8. The Morgan fingerprint density at radius 3 is 2.77 bits per heavy atom. The van der Waals surface area contributed by atoms with Gasteiger partial charge in [0.25, 0.3) is 5.56 Å². The van der Waals surface area contributed by atoms with Crippen LogP contribution in [-0.4, -0.2) is 9.55 Å². The van der Waals surface area contributed by atoms with Crippen molar-refractivity contribution in [3.05, 3.63) is 72.9 Å². The maximum absolute atomic E-state index is 12.9. The van der Waals surface area contributed by atoms with Crippen molar-refractivity contribution in [2.75, 3.05) is 0 Å². The van der Waals surface area contributed by atoms with E-state index < -0.39 is 5.63 Å². The van der Waals surface area contributed by atoms with Gasteiger partial charge in [0.1, 0.15) is 10.4 Å². The number of benzene rings is 1. The summed E-state index contributed by atoms with van der Waals surface area (Å²) in [5, 5.41) is 1.50. The van der Waals surface area contributed by atoms with Gasteiger partial charge in [-0.05, 0) is 43.0 Å². The van der Waals surface area contributed by atoms with E-state index in [1.807, 2.05) is 32.0 Å². The van der Waals surface area contributed by atoms with Crippen LogP contribution in [0.4, 0.5) is 0 Å². The largest absolute Gasteiger partial charge is 0.423 e. The monoisotopic (exact) mass is 366 g/mol. The predicted octanol–water partition coefficient (Wildman–Crippen LogP) is 3.79. The van der Waals surface area contributed by atoms with Gasteiger partial charge in [-0.25, -0.2) is 9.78 Å². The summed E-state index contributed by atoms with van der Waals surface area (Å²) in [6, 6.07) is 7.30. The van der Waals surface area contributed by atoms with Gasteiger partial charge in [-0.15, -0.1) is 11.3 Å². The molecule has 26 heavy (non-hydrogen) atoms. The first-order valence-corrected chi connectivity index (χ1v) is 9.30. The summed E-state index contributed by atoms with van der Waals surface area (Å²) in [6.45, 7) is 6.27. The number of fused-ring (bicyclic) bond motifs is 2. The molecule has 5 nitrogen and oxygen atoms in total. The van der Waals surface area contributed by atoms with E-state index in [1.165, 1.54) is 17.4 Å². The van der Waals surface area contributed by atoms with Crippen molar-refractivity contribution in [3.63, 3.8) is 0 Å². The molecule has 0 spiro atoms. The van der Waals surface area contributed by atoms with E-state index in [0.29, 0.717) is 11.0 Å². The lowest BCUT2D eigenvalue weighted by atomic mass is 10.1. The Bertz CT molecular complexity index is 1260. The fraction of sp³-hybridized carbons (Fsp3) is 0.250. The molecule has 0 aliphatic carbocycles. The van der Waals surface area contributed by atoms with Crippen molar-refractivity contribution in [2.24, 2.45) is 0 Å². The summed E-state index contributed by atoms with van der Waals surface area (Å²) in [6.07, 6.45) is 2.42. The third-order valence-corrected chi connectivity index (χ3v) is 5.91. The summed E-state index contributed by atoms with van der Waals surface area (Å²) in [5.41, 5.74) is 2.89. The number of hydrogen-bond donors (Lipinski definition) is 0. The molecule has 0 saturated carbocycles. The average molecular weight is 366 g/mol. The second kappa shape index (κ2) is 6.21. The highest BCUT2D eigenvalue weighted by molar-refractivity contribution is 7.18. The van der Waals surface area contributed by atoms with Crippen LogP contribution in [0.3, 0.4) is 0 Å². The summed E-state index contributed by atoms with van der Waals surface area (Å²) >= 11 is 1.53. The van der Waals surface area contributed by atoms with Crippen molar-refractivity contribution in [1.82, 2.24) is 9.55 Å². The molecule has 0 atom stereocenters. The summed E-state index contributed by atoms with van der Waals surface area (Å²) < 4.78 is 6.91. The zero-order chi connectivity index (χ0) is 18.4. The van der Waals surface area contributed by atoms with Gasteiger partial charge >= 0.3 is 5.63 Å². The Labute approximate surface area is 153 Å². The molecule has 0 bridgehead atoms. The SMILES string of the molecule is CCc1ccc2c(Cn3cnc4sc(C)c(C)c4c3=O)cc(=O)oc2c1. The summed E-state index contributed by atoms with van der Waals surface area (Å²) in [4.78, 5) is 31.2. The molecule has 0 radical (unpaired) electrons. The Morgan fingerprint density at radius 1 is 1.19 bits per heavy atom. The fourth-order valence-corrected chi connectivity index (χ4v) is 4.18. The summed E-state index contributed by atoms with van der Waals surface area (Å²) in [7, 11) is 0. The van der Waals surface area contributed by atoms with Crippen molar-refractivity contribution in [1.29, 1.82) is 0 Å². The minimum atomic E-state index is -0.412. The molecule has 0 aliphatic heterocycles. The zero-order valence-corrected chi connectivity index (χ0v) is 15.6. The number of rotatable bonds is 3. The van der Waals surface area contributed by atoms with E-state index in [4.69, 9.17) is 4.42 Å². The average Bonchev–Trinajstić information content (AvgIpc) is 2.91. The summed E-state index contributed by atoms with van der Waals surface area (Å²) in [5.74, 6) is 0. The van der Waals surface area contributed by atoms with Crippen molar-refractivity contribution in [3.8, 4) is 0 Å². The third-order valence-electron chi connectivity index (χ3n) is 4.80. The van der Waals surface area contributed by atoms with E-state index in [0.717, 1.165) is 38.2 Å². The maximum atomic E-state index is 12.9. The smallest absolute Gasteiger partial charge is 0.336 e. The third kappa shape index (κ3) is 2.66. The first-order valence-electron chi connectivity index (χ1n) is 8.48. The molecule has 4 aromatic rings. The second-order valence-corrected chi connectivity index (χ2v) is 7.62. The van der Waals surface area contributed by atoms with E-state index >= 15 is 0 Å². The molecule has 0 saturated heterocycles. The number of thiophene rings is 1. The topological polar surface area (TPSA) is 65.1 Å². The molecule has 3 aromatic heterocycles. The van der Waals surface area contributed by atoms with Gasteiger partial charge in [0.15, 0.2) is 0 Å². The Kier molecular flexibility index (Phi) is 4.00.